The molecule has 0 aromatic heterocycles. The molecule has 0 fully saturated rings. The van der Waals surface area contributed by atoms with Gasteiger partial charge in [-0.05, 0) is 34.9 Å². The first-order valence-electron chi connectivity index (χ1n) is 6.43. The van der Waals surface area contributed by atoms with Gasteiger partial charge in [0, 0.05) is 29.5 Å². The highest BCUT2D eigenvalue weighted by Crippen LogP contribution is 2.20. The van der Waals surface area contributed by atoms with Crippen molar-refractivity contribution in [2.45, 2.75) is 19.5 Å². The highest BCUT2D eigenvalue weighted by molar-refractivity contribution is 9.10. The minimum absolute atomic E-state index is 0.0547. The Morgan fingerprint density at radius 2 is 1.95 bits per heavy atom. The largest absolute Gasteiger partial charge is 0.309 e. The zero-order chi connectivity index (χ0) is 14.1. The normalized spacial score (nSPS) is 13.3. The Morgan fingerprint density at radius 1 is 1.15 bits per heavy atom. The fourth-order valence-electron chi connectivity index (χ4n) is 2.41. The van der Waals surface area contributed by atoms with Gasteiger partial charge in [0.15, 0.2) is 5.78 Å². The lowest BCUT2D eigenvalue weighted by atomic mass is 9.99. The molecule has 3 rings (SSSR count). The first kappa shape index (κ1) is 13.5. The van der Waals surface area contributed by atoms with Gasteiger partial charge in [-0.2, -0.15) is 0 Å². The van der Waals surface area contributed by atoms with Crippen LogP contribution in [0.1, 0.15) is 27.0 Å². The molecule has 20 heavy (non-hydrogen) atoms. The van der Waals surface area contributed by atoms with E-state index >= 15 is 0 Å². The first-order valence-corrected chi connectivity index (χ1v) is 7.22. The maximum absolute atomic E-state index is 13.8. The number of benzene rings is 2. The van der Waals surface area contributed by atoms with E-state index in [-0.39, 0.29) is 18.0 Å². The van der Waals surface area contributed by atoms with Crippen molar-refractivity contribution >= 4 is 21.7 Å². The molecule has 0 unspecified atom stereocenters. The Bertz CT molecular complexity index is 684. The average Bonchev–Trinajstić information content (AvgIpc) is 2.89. The monoisotopic (exact) mass is 333 g/mol. The maximum Gasteiger partial charge on any atom is 0.167 e. The molecular formula is C16H13BrFNO. The number of halogens is 2. The van der Waals surface area contributed by atoms with Gasteiger partial charge in [-0.25, -0.2) is 4.39 Å². The van der Waals surface area contributed by atoms with Gasteiger partial charge in [0.2, 0.25) is 0 Å². The van der Waals surface area contributed by atoms with E-state index in [1.54, 1.807) is 12.1 Å². The molecule has 1 aliphatic heterocycles. The summed E-state index contributed by atoms with van der Waals surface area (Å²) in [6, 6.07) is 10.5. The lowest BCUT2D eigenvalue weighted by Crippen LogP contribution is -2.06. The van der Waals surface area contributed by atoms with Crippen LogP contribution >= 0.6 is 15.9 Å². The van der Waals surface area contributed by atoms with E-state index in [0.717, 1.165) is 18.7 Å². The van der Waals surface area contributed by atoms with Crippen LogP contribution in [0.4, 0.5) is 4.39 Å². The quantitative estimate of drug-likeness (QED) is 0.869. The third kappa shape index (κ3) is 2.67. The van der Waals surface area contributed by atoms with Crippen LogP contribution in [0.5, 0.6) is 0 Å². The molecule has 2 aromatic carbocycles. The predicted octanol–water partition coefficient (Wildman–Crippen LogP) is 3.62. The van der Waals surface area contributed by atoms with Gasteiger partial charge < -0.3 is 5.32 Å². The molecule has 0 atom stereocenters. The molecule has 0 spiro atoms. The molecule has 0 aliphatic carbocycles. The van der Waals surface area contributed by atoms with E-state index in [0.29, 0.717) is 15.6 Å². The minimum atomic E-state index is -0.351. The smallest absolute Gasteiger partial charge is 0.167 e. The molecule has 0 radical (unpaired) electrons. The summed E-state index contributed by atoms with van der Waals surface area (Å²) in [7, 11) is 0. The van der Waals surface area contributed by atoms with Crippen molar-refractivity contribution < 1.29 is 9.18 Å². The minimum Gasteiger partial charge on any atom is -0.309 e. The lowest BCUT2D eigenvalue weighted by Gasteiger charge is -2.05. The number of fused-ring (bicyclic) bond motifs is 1. The van der Waals surface area contributed by atoms with Crippen LogP contribution in [0, 0.1) is 5.82 Å². The highest BCUT2D eigenvalue weighted by Gasteiger charge is 2.15. The Labute approximate surface area is 125 Å². The summed E-state index contributed by atoms with van der Waals surface area (Å²) in [4.78, 5) is 12.3. The van der Waals surface area contributed by atoms with E-state index in [1.165, 1.54) is 11.6 Å². The SMILES string of the molecule is O=C(Cc1ccc(Br)cc1F)c1ccc2c(c1)CNC2. The molecule has 4 heteroatoms. The van der Waals surface area contributed by atoms with Gasteiger partial charge in [0.05, 0.1) is 0 Å². The first-order chi connectivity index (χ1) is 9.63. The fourth-order valence-corrected chi connectivity index (χ4v) is 2.74. The molecule has 0 saturated carbocycles. The maximum atomic E-state index is 13.8. The molecule has 0 saturated heterocycles. The summed E-state index contributed by atoms with van der Waals surface area (Å²) in [5.41, 5.74) is 3.47. The number of carbonyl (C=O) groups excluding carboxylic acids is 1. The number of carbonyl (C=O) groups is 1. The van der Waals surface area contributed by atoms with Crippen molar-refractivity contribution in [3.05, 3.63) is 68.9 Å². The van der Waals surface area contributed by atoms with E-state index in [1.807, 2.05) is 18.2 Å². The summed E-state index contributed by atoms with van der Waals surface area (Å²) < 4.78 is 14.4. The zero-order valence-electron chi connectivity index (χ0n) is 10.7. The molecule has 0 bridgehead atoms. The Hall–Kier alpha value is -1.52. The van der Waals surface area contributed by atoms with Crippen molar-refractivity contribution in [1.82, 2.24) is 5.32 Å². The van der Waals surface area contributed by atoms with Crippen LogP contribution in [0.25, 0.3) is 0 Å². The standard InChI is InChI=1S/C16H13BrFNO/c17-14-4-3-10(15(18)7-14)6-16(20)11-1-2-12-8-19-9-13(12)5-11/h1-5,7,19H,6,8-9H2. The van der Waals surface area contributed by atoms with Gasteiger partial charge in [-0.3, -0.25) is 4.79 Å². The van der Waals surface area contributed by atoms with Gasteiger partial charge in [0.25, 0.3) is 0 Å². The second-order valence-electron chi connectivity index (χ2n) is 4.92. The van der Waals surface area contributed by atoms with Gasteiger partial charge in [0.1, 0.15) is 5.82 Å². The Morgan fingerprint density at radius 3 is 2.75 bits per heavy atom. The molecule has 2 nitrogen and oxygen atoms in total. The Balaban J connectivity index is 1.82. The van der Waals surface area contributed by atoms with Crippen molar-refractivity contribution in [2.24, 2.45) is 0 Å². The molecule has 1 aliphatic rings. The van der Waals surface area contributed by atoms with Gasteiger partial charge >= 0.3 is 0 Å². The summed E-state index contributed by atoms with van der Waals surface area (Å²) in [6.45, 7) is 1.65. The van der Waals surface area contributed by atoms with Crippen LogP contribution in [0.15, 0.2) is 40.9 Å². The number of nitrogens with one attached hydrogen (secondary N) is 1. The topological polar surface area (TPSA) is 29.1 Å². The fraction of sp³-hybridized carbons (Fsp3) is 0.188. The van der Waals surface area contributed by atoms with Crippen LogP contribution in [-0.2, 0) is 19.5 Å². The summed E-state index contributed by atoms with van der Waals surface area (Å²) in [5.74, 6) is -0.406. The van der Waals surface area contributed by atoms with Crippen LogP contribution in [0.2, 0.25) is 0 Å². The summed E-state index contributed by atoms with van der Waals surface area (Å²) >= 11 is 3.21. The van der Waals surface area contributed by atoms with Gasteiger partial charge in [-0.15, -0.1) is 0 Å². The summed E-state index contributed by atoms with van der Waals surface area (Å²) in [5, 5.41) is 3.24. The van der Waals surface area contributed by atoms with Crippen molar-refractivity contribution in [2.75, 3.05) is 0 Å². The van der Waals surface area contributed by atoms with Crippen molar-refractivity contribution in [3.63, 3.8) is 0 Å². The Kier molecular flexibility index (Phi) is 3.68. The number of hydrogen-bond donors (Lipinski definition) is 1. The predicted molar refractivity (Wildman–Crippen MR) is 79.1 cm³/mol. The van der Waals surface area contributed by atoms with E-state index < -0.39 is 0 Å². The highest BCUT2D eigenvalue weighted by atomic mass is 79.9. The number of hydrogen-bond acceptors (Lipinski definition) is 2. The molecule has 1 heterocycles. The van der Waals surface area contributed by atoms with Crippen molar-refractivity contribution in [1.29, 1.82) is 0 Å². The molecule has 2 aromatic rings. The third-order valence-corrected chi connectivity index (χ3v) is 4.02. The second kappa shape index (κ2) is 5.46. The molecule has 0 amide bonds. The van der Waals surface area contributed by atoms with E-state index in [2.05, 4.69) is 21.2 Å². The number of ketones is 1. The van der Waals surface area contributed by atoms with Crippen LogP contribution < -0.4 is 5.32 Å². The third-order valence-electron chi connectivity index (χ3n) is 3.53. The van der Waals surface area contributed by atoms with E-state index in [9.17, 15) is 9.18 Å². The number of rotatable bonds is 3. The van der Waals surface area contributed by atoms with Gasteiger partial charge in [-0.1, -0.05) is 34.1 Å². The summed E-state index contributed by atoms with van der Waals surface area (Å²) in [6.07, 6.45) is 0.0886. The van der Waals surface area contributed by atoms with Crippen LogP contribution in [-0.4, -0.2) is 5.78 Å². The lowest BCUT2D eigenvalue weighted by molar-refractivity contribution is 0.0991. The van der Waals surface area contributed by atoms with E-state index in [4.69, 9.17) is 0 Å². The zero-order valence-corrected chi connectivity index (χ0v) is 12.3. The molecule has 1 N–H and O–H groups in total. The molecule has 102 valence electrons. The molecular weight excluding hydrogens is 321 g/mol. The second-order valence-corrected chi connectivity index (χ2v) is 5.84. The van der Waals surface area contributed by atoms with Crippen LogP contribution in [0.3, 0.4) is 0 Å². The average molecular weight is 334 g/mol. The number of Topliss-reactive ketones (excluding diaryl/α,β-unsaturated/α-hetero) is 1. The van der Waals surface area contributed by atoms with Crippen molar-refractivity contribution in [3.8, 4) is 0 Å².